The molecule has 0 aromatic rings. The minimum atomic E-state index is -0.632. The number of hydrogen-bond acceptors (Lipinski definition) is 6. The molecule has 0 aliphatic rings. The van der Waals surface area contributed by atoms with Gasteiger partial charge in [-0.2, -0.15) is 0 Å². The Bertz CT molecular complexity index is 303. The Kier molecular flexibility index (Phi) is 12.2. The van der Waals surface area contributed by atoms with Crippen LogP contribution in [-0.2, 0) is 28.5 Å². The van der Waals surface area contributed by atoms with Crippen molar-refractivity contribution >= 4 is 11.9 Å². The summed E-state index contributed by atoms with van der Waals surface area (Å²) >= 11 is 0. The molecule has 0 atom stereocenters. The number of ether oxygens (including phenoxy) is 4. The highest BCUT2D eigenvalue weighted by molar-refractivity contribution is 5.91. The van der Waals surface area contributed by atoms with Crippen molar-refractivity contribution in [2.75, 3.05) is 39.6 Å². The van der Waals surface area contributed by atoms with Crippen LogP contribution in [0.1, 0.15) is 0 Å². The highest BCUT2D eigenvalue weighted by atomic mass is 16.6. The Hall–Kier alpha value is -1.92. The molecule has 0 N–H and O–H groups in total. The molecule has 6 heteroatoms. The van der Waals surface area contributed by atoms with Gasteiger partial charge >= 0.3 is 11.9 Å². The molecule has 6 nitrogen and oxygen atoms in total. The average Bonchev–Trinajstić information content (AvgIpc) is 2.44. The lowest BCUT2D eigenvalue weighted by Crippen LogP contribution is -2.11. The highest BCUT2D eigenvalue weighted by Crippen LogP contribution is 1.87. The molecule has 0 heterocycles. The number of carbonyl (C=O) groups is 2. The van der Waals surface area contributed by atoms with Crippen LogP contribution < -0.4 is 0 Å². The van der Waals surface area contributed by atoms with Gasteiger partial charge in [-0.15, -0.1) is 13.2 Å². The molecule has 0 bridgehead atoms. The molecular formula is C14H20O6. The first-order chi connectivity index (χ1) is 9.70. The summed E-state index contributed by atoms with van der Waals surface area (Å²) < 4.78 is 19.6. The van der Waals surface area contributed by atoms with Crippen molar-refractivity contribution in [2.24, 2.45) is 0 Å². The molecule has 0 rings (SSSR count). The van der Waals surface area contributed by atoms with Gasteiger partial charge in [0.15, 0.2) is 0 Å². The standard InChI is InChI=1S/C14H20O6/c1-3-7-17-9-11-19-13(15)5-6-14(16)20-12-10-18-8-4-2/h3-6H,1-2,7-12H2. The number of carbonyl (C=O) groups excluding carboxylic acids is 2. The average molecular weight is 284 g/mol. The normalized spacial score (nSPS) is 10.2. The van der Waals surface area contributed by atoms with E-state index in [1.807, 2.05) is 0 Å². The van der Waals surface area contributed by atoms with Crippen molar-refractivity contribution in [3.05, 3.63) is 37.5 Å². The molecule has 0 amide bonds. The molecular weight excluding hydrogens is 264 g/mol. The van der Waals surface area contributed by atoms with Gasteiger partial charge in [-0.3, -0.25) is 0 Å². The van der Waals surface area contributed by atoms with Crippen molar-refractivity contribution in [3.63, 3.8) is 0 Å². The molecule has 20 heavy (non-hydrogen) atoms. The molecule has 0 aromatic carbocycles. The fraction of sp³-hybridized carbons (Fsp3) is 0.429. The molecule has 0 unspecified atom stereocenters. The second kappa shape index (κ2) is 13.5. The molecule has 0 spiro atoms. The maximum absolute atomic E-state index is 11.2. The topological polar surface area (TPSA) is 71.1 Å². The number of hydrogen-bond donors (Lipinski definition) is 0. The maximum Gasteiger partial charge on any atom is 0.331 e. The van der Waals surface area contributed by atoms with E-state index < -0.39 is 11.9 Å². The monoisotopic (exact) mass is 284 g/mol. The van der Waals surface area contributed by atoms with Gasteiger partial charge in [0.25, 0.3) is 0 Å². The second-order valence-corrected chi connectivity index (χ2v) is 3.40. The van der Waals surface area contributed by atoms with E-state index in [1.54, 1.807) is 12.2 Å². The Morgan fingerprint density at radius 2 is 1.15 bits per heavy atom. The largest absolute Gasteiger partial charge is 0.460 e. The van der Waals surface area contributed by atoms with Crippen molar-refractivity contribution in [3.8, 4) is 0 Å². The van der Waals surface area contributed by atoms with Gasteiger partial charge < -0.3 is 18.9 Å². The predicted octanol–water partition coefficient (Wildman–Crippen LogP) is 1.03. The quantitative estimate of drug-likeness (QED) is 0.231. The van der Waals surface area contributed by atoms with Gasteiger partial charge in [-0.05, 0) is 0 Å². The molecule has 0 saturated heterocycles. The highest BCUT2D eigenvalue weighted by Gasteiger charge is 2.00. The van der Waals surface area contributed by atoms with Crippen molar-refractivity contribution in [1.29, 1.82) is 0 Å². The summed E-state index contributed by atoms with van der Waals surface area (Å²) in [5, 5.41) is 0. The van der Waals surface area contributed by atoms with Gasteiger partial charge in [-0.1, -0.05) is 12.2 Å². The lowest BCUT2D eigenvalue weighted by atomic mass is 10.5. The minimum absolute atomic E-state index is 0.113. The van der Waals surface area contributed by atoms with Gasteiger partial charge in [0, 0.05) is 12.2 Å². The first kappa shape index (κ1) is 18.1. The predicted molar refractivity (Wildman–Crippen MR) is 73.1 cm³/mol. The summed E-state index contributed by atoms with van der Waals surface area (Å²) in [6.45, 7) is 8.52. The Morgan fingerprint density at radius 1 is 0.750 bits per heavy atom. The zero-order valence-electron chi connectivity index (χ0n) is 11.4. The molecule has 0 aliphatic carbocycles. The van der Waals surface area contributed by atoms with E-state index in [0.717, 1.165) is 12.2 Å². The summed E-state index contributed by atoms with van der Waals surface area (Å²) in [6, 6.07) is 0. The van der Waals surface area contributed by atoms with Crippen LogP contribution in [0.5, 0.6) is 0 Å². The fourth-order valence-electron chi connectivity index (χ4n) is 0.968. The lowest BCUT2D eigenvalue weighted by molar-refractivity contribution is -0.141. The summed E-state index contributed by atoms with van der Waals surface area (Å²) in [7, 11) is 0. The molecule has 0 saturated carbocycles. The minimum Gasteiger partial charge on any atom is -0.460 e. The van der Waals surface area contributed by atoms with E-state index in [2.05, 4.69) is 13.2 Å². The van der Waals surface area contributed by atoms with Crippen molar-refractivity contribution < 1.29 is 28.5 Å². The van der Waals surface area contributed by atoms with Gasteiger partial charge in [-0.25, -0.2) is 9.59 Å². The van der Waals surface area contributed by atoms with Crippen LogP contribution in [0.2, 0.25) is 0 Å². The Balaban J connectivity index is 3.59. The Morgan fingerprint density at radius 3 is 1.50 bits per heavy atom. The van der Waals surface area contributed by atoms with E-state index in [0.29, 0.717) is 13.2 Å². The van der Waals surface area contributed by atoms with Crippen LogP contribution in [0.25, 0.3) is 0 Å². The summed E-state index contributed by atoms with van der Waals surface area (Å²) in [4.78, 5) is 22.3. The van der Waals surface area contributed by atoms with Gasteiger partial charge in [0.1, 0.15) is 13.2 Å². The first-order valence-electron chi connectivity index (χ1n) is 6.09. The molecule has 112 valence electrons. The van der Waals surface area contributed by atoms with Gasteiger partial charge in [0.2, 0.25) is 0 Å². The summed E-state index contributed by atoms with van der Waals surface area (Å²) in [5.74, 6) is -1.26. The summed E-state index contributed by atoms with van der Waals surface area (Å²) in [5.41, 5.74) is 0. The molecule has 0 aliphatic heterocycles. The summed E-state index contributed by atoms with van der Waals surface area (Å²) in [6.07, 6.45) is 5.19. The van der Waals surface area contributed by atoms with Crippen LogP contribution in [0.4, 0.5) is 0 Å². The van der Waals surface area contributed by atoms with Crippen LogP contribution in [0.15, 0.2) is 37.5 Å². The van der Waals surface area contributed by atoms with Crippen LogP contribution >= 0.6 is 0 Å². The zero-order valence-corrected chi connectivity index (χ0v) is 11.4. The van der Waals surface area contributed by atoms with Crippen LogP contribution in [-0.4, -0.2) is 51.6 Å². The molecule has 0 radical (unpaired) electrons. The zero-order chi connectivity index (χ0) is 15.1. The molecule has 0 fully saturated rings. The smallest absolute Gasteiger partial charge is 0.331 e. The van der Waals surface area contributed by atoms with E-state index in [4.69, 9.17) is 18.9 Å². The van der Waals surface area contributed by atoms with E-state index >= 15 is 0 Å². The SMILES string of the molecule is C=CCOCCOC(=O)C=CC(=O)OCCOCC=C. The van der Waals surface area contributed by atoms with Crippen molar-refractivity contribution in [2.45, 2.75) is 0 Å². The van der Waals surface area contributed by atoms with Gasteiger partial charge in [0.05, 0.1) is 26.4 Å². The third kappa shape index (κ3) is 12.5. The second-order valence-electron chi connectivity index (χ2n) is 3.40. The maximum atomic E-state index is 11.2. The van der Waals surface area contributed by atoms with Crippen LogP contribution in [0, 0.1) is 0 Å². The third-order valence-electron chi connectivity index (χ3n) is 1.77. The molecule has 0 aromatic heterocycles. The van der Waals surface area contributed by atoms with Crippen LogP contribution in [0.3, 0.4) is 0 Å². The first-order valence-corrected chi connectivity index (χ1v) is 6.09. The van der Waals surface area contributed by atoms with E-state index in [-0.39, 0.29) is 26.4 Å². The number of esters is 2. The Labute approximate surface area is 118 Å². The lowest BCUT2D eigenvalue weighted by Gasteiger charge is -2.02. The third-order valence-corrected chi connectivity index (χ3v) is 1.77. The fourth-order valence-corrected chi connectivity index (χ4v) is 0.968. The van der Waals surface area contributed by atoms with Crippen molar-refractivity contribution in [1.82, 2.24) is 0 Å². The van der Waals surface area contributed by atoms with E-state index in [1.165, 1.54) is 0 Å². The van der Waals surface area contributed by atoms with E-state index in [9.17, 15) is 9.59 Å². The number of rotatable bonds is 12.